The van der Waals surface area contributed by atoms with Gasteiger partial charge in [-0.2, -0.15) is 0 Å². The molecular weight excluding hydrogens is 368 g/mol. The average molecular weight is 376 g/mol. The van der Waals surface area contributed by atoms with Gasteiger partial charge in [0.1, 0.15) is 22.5 Å². The minimum Gasteiger partial charge on any atom is -0.478 e. The highest BCUT2D eigenvalue weighted by molar-refractivity contribution is 6.15. The van der Waals surface area contributed by atoms with Gasteiger partial charge in [-0.3, -0.25) is 4.98 Å². The maximum Gasteiger partial charge on any atom is 0.355 e. The lowest BCUT2D eigenvalue weighted by Crippen LogP contribution is -2.23. The summed E-state index contributed by atoms with van der Waals surface area (Å²) in [5, 5.41) is 46.3. The summed E-state index contributed by atoms with van der Waals surface area (Å²) in [6.45, 7) is 0. The maximum absolute atomic E-state index is 11.6. The third kappa shape index (κ3) is 3.26. The highest BCUT2D eigenvalue weighted by atomic mass is 16.4. The van der Waals surface area contributed by atoms with Crippen molar-refractivity contribution in [2.75, 3.05) is 0 Å². The summed E-state index contributed by atoms with van der Waals surface area (Å²) >= 11 is 0. The van der Waals surface area contributed by atoms with Crippen molar-refractivity contribution < 1.29 is 49.5 Å². The topological polar surface area (TPSA) is 212 Å². The Morgan fingerprint density at radius 3 is 1.67 bits per heavy atom. The molecule has 0 aliphatic heterocycles. The molecule has 138 valence electrons. The van der Waals surface area contributed by atoms with E-state index < -0.39 is 69.2 Å². The van der Waals surface area contributed by atoms with Crippen LogP contribution in [0.25, 0.3) is 11.4 Å². The van der Waals surface area contributed by atoms with Crippen LogP contribution in [0.15, 0.2) is 18.3 Å². The number of pyridine rings is 2. The second-order valence-electron chi connectivity index (χ2n) is 4.86. The van der Waals surface area contributed by atoms with Crippen molar-refractivity contribution in [3.63, 3.8) is 0 Å². The van der Waals surface area contributed by atoms with Gasteiger partial charge in [0.05, 0.1) is 11.1 Å². The zero-order valence-corrected chi connectivity index (χ0v) is 12.9. The molecule has 0 aliphatic rings. The Morgan fingerprint density at radius 2 is 1.22 bits per heavy atom. The molecule has 2 heterocycles. The molecule has 5 N–H and O–H groups in total. The number of carboxylic acid groups (broad SMARTS) is 5. The van der Waals surface area contributed by atoms with Crippen LogP contribution in [0.3, 0.4) is 0 Å². The predicted octanol–water partition coefficient (Wildman–Crippen LogP) is 0.635. The Morgan fingerprint density at radius 1 is 0.667 bits per heavy atom. The minimum atomic E-state index is -2.05. The van der Waals surface area contributed by atoms with Gasteiger partial charge >= 0.3 is 29.8 Å². The zero-order chi connectivity index (χ0) is 20.5. The van der Waals surface area contributed by atoms with Crippen molar-refractivity contribution in [3.8, 4) is 11.4 Å². The molecule has 2 aromatic rings. The van der Waals surface area contributed by atoms with Gasteiger partial charge in [0.15, 0.2) is 5.69 Å². The van der Waals surface area contributed by atoms with Crippen LogP contribution >= 0.6 is 0 Å². The van der Waals surface area contributed by atoms with Crippen LogP contribution in [0.2, 0.25) is 0 Å². The molecule has 0 aromatic carbocycles. The average Bonchev–Trinajstić information content (AvgIpc) is 2.59. The van der Waals surface area contributed by atoms with Gasteiger partial charge in [0.2, 0.25) is 0 Å². The van der Waals surface area contributed by atoms with Gasteiger partial charge in [0.25, 0.3) is 0 Å². The summed E-state index contributed by atoms with van der Waals surface area (Å²) < 4.78 is 0. The summed E-state index contributed by atoms with van der Waals surface area (Å²) in [4.78, 5) is 64.4. The second-order valence-corrected chi connectivity index (χ2v) is 4.86. The second kappa shape index (κ2) is 6.87. The van der Waals surface area contributed by atoms with Crippen molar-refractivity contribution in [2.45, 2.75) is 0 Å². The molecule has 0 fully saturated rings. The summed E-state index contributed by atoms with van der Waals surface area (Å²) in [7, 11) is 0. The Kier molecular flexibility index (Phi) is 4.83. The van der Waals surface area contributed by atoms with Crippen molar-refractivity contribution in [3.05, 3.63) is 46.3 Å². The normalized spacial score (nSPS) is 10.2. The number of hydrogen-bond acceptors (Lipinski definition) is 7. The fourth-order valence-corrected chi connectivity index (χ4v) is 2.31. The summed E-state index contributed by atoms with van der Waals surface area (Å²) in [6, 6.07) is 2.19. The molecule has 27 heavy (non-hydrogen) atoms. The van der Waals surface area contributed by atoms with E-state index in [9.17, 15) is 49.5 Å². The summed E-state index contributed by atoms with van der Waals surface area (Å²) in [5.74, 6) is -9.58. The lowest BCUT2D eigenvalue weighted by molar-refractivity contribution is 0.0616. The Bertz CT molecular complexity index is 1030. The van der Waals surface area contributed by atoms with Gasteiger partial charge in [-0.05, 0) is 12.1 Å². The molecule has 12 heteroatoms. The third-order valence-electron chi connectivity index (χ3n) is 3.30. The molecule has 12 nitrogen and oxygen atoms in total. The van der Waals surface area contributed by atoms with E-state index in [0.717, 1.165) is 12.3 Å². The van der Waals surface area contributed by atoms with Crippen LogP contribution in [-0.4, -0.2) is 65.3 Å². The molecule has 0 radical (unpaired) electrons. The van der Waals surface area contributed by atoms with E-state index in [1.807, 2.05) is 0 Å². The highest BCUT2D eigenvalue weighted by Gasteiger charge is 2.35. The SMILES string of the molecule is O=C(O)c1cccnc1-c1nc(C(=O)O)c(C(=O)O)c(C(=O)O)c1C(=O)O. The third-order valence-corrected chi connectivity index (χ3v) is 3.30. The molecule has 0 saturated heterocycles. The Labute approximate surface area is 148 Å². The number of carbonyl (C=O) groups is 5. The highest BCUT2D eigenvalue weighted by Crippen LogP contribution is 2.30. The standard InChI is InChI=1S/C15H8N2O10/c18-11(19)4-2-1-3-16-8(4)9-6(13(22)23)5(12(20)21)7(14(24)25)10(17-9)15(26)27/h1-3H,(H,18,19)(H,20,21)(H,22,23)(H,24,25)(H,26,27). The molecule has 0 unspecified atom stereocenters. The monoisotopic (exact) mass is 376 g/mol. The van der Waals surface area contributed by atoms with Crippen LogP contribution in [0.4, 0.5) is 0 Å². The molecule has 0 spiro atoms. The number of aromatic carboxylic acids is 5. The van der Waals surface area contributed by atoms with E-state index >= 15 is 0 Å². The van der Waals surface area contributed by atoms with Crippen LogP contribution in [0.5, 0.6) is 0 Å². The number of hydrogen-bond donors (Lipinski definition) is 5. The van der Waals surface area contributed by atoms with Crippen molar-refractivity contribution in [1.82, 2.24) is 9.97 Å². The van der Waals surface area contributed by atoms with Gasteiger partial charge < -0.3 is 25.5 Å². The maximum atomic E-state index is 11.6. The van der Waals surface area contributed by atoms with Gasteiger partial charge in [-0.25, -0.2) is 29.0 Å². The molecule has 0 atom stereocenters. The quantitative estimate of drug-likeness (QED) is 0.469. The fraction of sp³-hybridized carbons (Fsp3) is 0. The van der Waals surface area contributed by atoms with E-state index in [1.54, 1.807) is 0 Å². The van der Waals surface area contributed by atoms with E-state index in [-0.39, 0.29) is 0 Å². The molecule has 0 bridgehead atoms. The van der Waals surface area contributed by atoms with Gasteiger partial charge in [-0.15, -0.1) is 0 Å². The van der Waals surface area contributed by atoms with Crippen molar-refractivity contribution in [2.24, 2.45) is 0 Å². The Balaban J connectivity index is 3.15. The molecule has 0 saturated carbocycles. The first-order valence-corrected chi connectivity index (χ1v) is 6.77. The predicted molar refractivity (Wildman–Crippen MR) is 82.3 cm³/mol. The molecule has 2 rings (SSSR count). The first kappa shape index (κ1) is 19.0. The van der Waals surface area contributed by atoms with Crippen LogP contribution < -0.4 is 0 Å². The largest absolute Gasteiger partial charge is 0.478 e. The zero-order valence-electron chi connectivity index (χ0n) is 12.9. The number of aromatic nitrogens is 2. The van der Waals surface area contributed by atoms with Gasteiger partial charge in [0, 0.05) is 6.20 Å². The molecular formula is C15H8N2O10. The Hall–Kier alpha value is -4.35. The smallest absolute Gasteiger partial charge is 0.355 e. The fourth-order valence-electron chi connectivity index (χ4n) is 2.31. The molecule has 2 aromatic heterocycles. The lowest BCUT2D eigenvalue weighted by atomic mass is 9.95. The lowest BCUT2D eigenvalue weighted by Gasteiger charge is -2.14. The van der Waals surface area contributed by atoms with Gasteiger partial charge in [-0.1, -0.05) is 0 Å². The summed E-state index contributed by atoms with van der Waals surface area (Å²) in [6.07, 6.45) is 1.04. The van der Waals surface area contributed by atoms with Crippen LogP contribution in [-0.2, 0) is 0 Å². The number of rotatable bonds is 6. The number of nitrogens with zero attached hydrogens (tertiary/aromatic N) is 2. The molecule has 0 amide bonds. The minimum absolute atomic E-state index is 0.594. The van der Waals surface area contributed by atoms with E-state index in [4.69, 9.17) is 0 Å². The van der Waals surface area contributed by atoms with E-state index in [0.29, 0.717) is 0 Å². The van der Waals surface area contributed by atoms with Crippen molar-refractivity contribution >= 4 is 29.8 Å². The first-order chi connectivity index (χ1) is 12.6. The van der Waals surface area contributed by atoms with Crippen LogP contribution in [0, 0.1) is 0 Å². The van der Waals surface area contributed by atoms with Crippen molar-refractivity contribution in [1.29, 1.82) is 0 Å². The van der Waals surface area contributed by atoms with Crippen LogP contribution in [0.1, 0.15) is 51.9 Å². The van der Waals surface area contributed by atoms with E-state index in [2.05, 4.69) is 9.97 Å². The summed E-state index contributed by atoms with van der Waals surface area (Å²) in [5.41, 5.74) is -7.33. The number of carboxylic acids is 5. The molecule has 0 aliphatic carbocycles. The first-order valence-electron chi connectivity index (χ1n) is 6.77. The van der Waals surface area contributed by atoms with E-state index in [1.165, 1.54) is 6.07 Å².